The minimum atomic E-state index is -0.209. The Morgan fingerprint density at radius 3 is 2.31 bits per heavy atom. The van der Waals surface area contributed by atoms with Crippen LogP contribution < -0.4 is 0 Å². The Morgan fingerprint density at radius 2 is 1.81 bits per heavy atom. The van der Waals surface area contributed by atoms with Gasteiger partial charge in [-0.3, -0.25) is 0 Å². The van der Waals surface area contributed by atoms with E-state index in [0.717, 1.165) is 48.0 Å². The van der Waals surface area contributed by atoms with Gasteiger partial charge in [-0.1, -0.05) is 5.92 Å². The van der Waals surface area contributed by atoms with Crippen LogP contribution in [-0.4, -0.2) is 13.1 Å². The van der Waals surface area contributed by atoms with Gasteiger partial charge in [0.25, 0.3) is 0 Å². The molecule has 0 spiro atoms. The van der Waals surface area contributed by atoms with Crippen LogP contribution in [0.5, 0.6) is 0 Å². The maximum absolute atomic E-state index is 11.6. The van der Waals surface area contributed by atoms with Gasteiger partial charge in [0, 0.05) is 11.1 Å². The van der Waals surface area contributed by atoms with E-state index in [1.54, 1.807) is 0 Å². The lowest BCUT2D eigenvalue weighted by Gasteiger charge is -2.20. The molecule has 1 aliphatic rings. The number of allylic oxidation sites excluding steroid dienone is 3. The van der Waals surface area contributed by atoms with Crippen LogP contribution in [0, 0.1) is 12.3 Å². The Bertz CT molecular complexity index is 391. The zero-order valence-electron chi connectivity index (χ0n) is 10.2. The fourth-order valence-electron chi connectivity index (χ4n) is 2.00. The first-order valence-electron chi connectivity index (χ1n) is 5.56. The molecule has 1 rings (SSSR count). The minimum absolute atomic E-state index is 0.209. The van der Waals surface area contributed by atoms with Gasteiger partial charge in [-0.2, -0.15) is 0 Å². The van der Waals surface area contributed by atoms with Crippen molar-refractivity contribution in [2.75, 3.05) is 7.11 Å². The van der Waals surface area contributed by atoms with E-state index >= 15 is 0 Å². The fraction of sp³-hybridized carbons (Fsp3) is 0.500. The topological polar surface area (TPSA) is 26.3 Å². The highest BCUT2D eigenvalue weighted by atomic mass is 16.5. The van der Waals surface area contributed by atoms with Crippen LogP contribution in [0.2, 0.25) is 0 Å². The number of hydrogen-bond acceptors (Lipinski definition) is 2. The molecule has 0 aliphatic heterocycles. The van der Waals surface area contributed by atoms with E-state index in [2.05, 4.69) is 5.92 Å². The zero-order chi connectivity index (χ0) is 12.1. The van der Waals surface area contributed by atoms with Gasteiger partial charge in [0.15, 0.2) is 0 Å². The van der Waals surface area contributed by atoms with Gasteiger partial charge in [-0.15, -0.1) is 6.42 Å². The molecule has 0 fully saturated rings. The number of terminal acetylenes is 1. The van der Waals surface area contributed by atoms with Crippen molar-refractivity contribution in [2.24, 2.45) is 0 Å². The van der Waals surface area contributed by atoms with Gasteiger partial charge in [0.2, 0.25) is 0 Å². The lowest BCUT2D eigenvalue weighted by Crippen LogP contribution is -2.12. The Balaban J connectivity index is 3.20. The highest BCUT2D eigenvalue weighted by molar-refractivity contribution is 5.90. The Hall–Kier alpha value is -1.49. The predicted molar refractivity (Wildman–Crippen MR) is 64.7 cm³/mol. The van der Waals surface area contributed by atoms with Gasteiger partial charge in [-0.05, 0) is 50.7 Å². The molecule has 0 atom stereocenters. The maximum Gasteiger partial charge on any atom is 0.334 e. The fourth-order valence-corrected chi connectivity index (χ4v) is 2.00. The molecule has 0 saturated heterocycles. The summed E-state index contributed by atoms with van der Waals surface area (Å²) in [6.45, 7) is 3.89. The molecule has 1 aliphatic carbocycles. The molecule has 0 aromatic carbocycles. The van der Waals surface area contributed by atoms with Crippen LogP contribution in [0.15, 0.2) is 22.3 Å². The molecular weight excluding hydrogens is 200 g/mol. The summed E-state index contributed by atoms with van der Waals surface area (Å²) in [6, 6.07) is 0. The van der Waals surface area contributed by atoms with Crippen molar-refractivity contribution in [2.45, 2.75) is 39.5 Å². The summed E-state index contributed by atoms with van der Waals surface area (Å²) in [4.78, 5) is 11.6. The van der Waals surface area contributed by atoms with Crippen molar-refractivity contribution >= 4 is 5.97 Å². The second-order valence-electron chi connectivity index (χ2n) is 4.05. The van der Waals surface area contributed by atoms with Gasteiger partial charge >= 0.3 is 5.97 Å². The van der Waals surface area contributed by atoms with Gasteiger partial charge in [0.05, 0.1) is 7.11 Å². The minimum Gasteiger partial charge on any atom is -0.466 e. The SMILES string of the molecule is C#C/C(C)=C(\C)C1=C(C(=O)OC)CCCC1. The van der Waals surface area contributed by atoms with Crippen LogP contribution in [0.25, 0.3) is 0 Å². The lowest BCUT2D eigenvalue weighted by atomic mass is 9.86. The molecule has 0 aromatic heterocycles. The number of hydrogen-bond donors (Lipinski definition) is 0. The van der Waals surface area contributed by atoms with E-state index in [9.17, 15) is 4.79 Å². The van der Waals surface area contributed by atoms with E-state index < -0.39 is 0 Å². The van der Waals surface area contributed by atoms with E-state index in [0.29, 0.717) is 0 Å². The Kier molecular flexibility index (Phi) is 4.37. The average molecular weight is 218 g/mol. The molecule has 2 nitrogen and oxygen atoms in total. The highest BCUT2D eigenvalue weighted by Crippen LogP contribution is 2.31. The highest BCUT2D eigenvalue weighted by Gasteiger charge is 2.21. The van der Waals surface area contributed by atoms with Gasteiger partial charge in [0.1, 0.15) is 0 Å². The first kappa shape index (κ1) is 12.6. The third-order valence-electron chi connectivity index (χ3n) is 3.13. The molecule has 2 heteroatoms. The van der Waals surface area contributed by atoms with Crippen molar-refractivity contribution < 1.29 is 9.53 Å². The summed E-state index contributed by atoms with van der Waals surface area (Å²) in [5, 5.41) is 0. The molecular formula is C14H18O2. The number of esters is 1. The van der Waals surface area contributed by atoms with Gasteiger partial charge in [-0.25, -0.2) is 4.79 Å². The standard InChI is InChI=1S/C14H18O2/c1-5-10(2)11(3)12-8-6-7-9-13(12)14(15)16-4/h1H,6-9H2,2-4H3/b11-10+. The van der Waals surface area contributed by atoms with Crippen LogP contribution in [0.1, 0.15) is 39.5 Å². The average Bonchev–Trinajstić information content (AvgIpc) is 2.35. The number of carbonyl (C=O) groups is 1. The van der Waals surface area contributed by atoms with E-state index in [4.69, 9.17) is 11.2 Å². The normalized spacial score (nSPS) is 17.6. The number of carbonyl (C=O) groups excluding carboxylic acids is 1. The number of ether oxygens (including phenoxy) is 1. The predicted octanol–water partition coefficient (Wildman–Crippen LogP) is 3.00. The molecule has 0 radical (unpaired) electrons. The summed E-state index contributed by atoms with van der Waals surface area (Å²) in [5.41, 5.74) is 3.86. The van der Waals surface area contributed by atoms with Gasteiger partial charge < -0.3 is 4.74 Å². The molecule has 16 heavy (non-hydrogen) atoms. The Labute approximate surface area is 97.4 Å². The molecule has 0 unspecified atom stereocenters. The Morgan fingerprint density at radius 1 is 1.25 bits per heavy atom. The number of rotatable bonds is 2. The molecule has 0 aromatic rings. The third kappa shape index (κ3) is 2.55. The molecule has 0 N–H and O–H groups in total. The van der Waals surface area contributed by atoms with Crippen LogP contribution in [-0.2, 0) is 9.53 Å². The summed E-state index contributed by atoms with van der Waals surface area (Å²) in [6.07, 6.45) is 9.28. The van der Waals surface area contributed by atoms with Crippen molar-refractivity contribution in [3.63, 3.8) is 0 Å². The maximum atomic E-state index is 11.6. The van der Waals surface area contributed by atoms with Crippen molar-refractivity contribution in [3.05, 3.63) is 22.3 Å². The van der Waals surface area contributed by atoms with E-state index in [1.165, 1.54) is 7.11 Å². The summed E-state index contributed by atoms with van der Waals surface area (Å²) < 4.78 is 4.81. The monoisotopic (exact) mass is 218 g/mol. The lowest BCUT2D eigenvalue weighted by molar-refractivity contribution is -0.136. The summed E-state index contributed by atoms with van der Waals surface area (Å²) in [5.74, 6) is 2.42. The smallest absolute Gasteiger partial charge is 0.334 e. The van der Waals surface area contributed by atoms with E-state index in [1.807, 2.05) is 13.8 Å². The second kappa shape index (κ2) is 5.55. The molecule has 0 bridgehead atoms. The summed E-state index contributed by atoms with van der Waals surface area (Å²) >= 11 is 0. The largest absolute Gasteiger partial charge is 0.466 e. The number of methoxy groups -OCH3 is 1. The van der Waals surface area contributed by atoms with Crippen LogP contribution >= 0.6 is 0 Å². The molecule has 86 valence electrons. The quantitative estimate of drug-likeness (QED) is 0.526. The first-order valence-corrected chi connectivity index (χ1v) is 5.56. The summed E-state index contributed by atoms with van der Waals surface area (Å²) in [7, 11) is 1.43. The zero-order valence-corrected chi connectivity index (χ0v) is 10.2. The molecule has 0 heterocycles. The van der Waals surface area contributed by atoms with Crippen molar-refractivity contribution in [3.8, 4) is 12.3 Å². The van der Waals surface area contributed by atoms with Crippen molar-refractivity contribution in [1.82, 2.24) is 0 Å². The first-order chi connectivity index (χ1) is 7.61. The van der Waals surface area contributed by atoms with E-state index in [-0.39, 0.29) is 5.97 Å². The second-order valence-corrected chi connectivity index (χ2v) is 4.05. The van der Waals surface area contributed by atoms with Crippen LogP contribution in [0.4, 0.5) is 0 Å². The van der Waals surface area contributed by atoms with Crippen LogP contribution in [0.3, 0.4) is 0 Å². The molecule has 0 saturated carbocycles. The van der Waals surface area contributed by atoms with Crippen molar-refractivity contribution in [1.29, 1.82) is 0 Å². The third-order valence-corrected chi connectivity index (χ3v) is 3.13. The molecule has 0 amide bonds.